The average molecular weight is 363 g/mol. The molecule has 3 heterocycles. The van der Waals surface area contributed by atoms with Crippen molar-refractivity contribution in [3.63, 3.8) is 0 Å². The number of amides is 1. The zero-order valence-corrected chi connectivity index (χ0v) is 15.9. The average Bonchev–Trinajstić information content (AvgIpc) is 3.16. The van der Waals surface area contributed by atoms with Gasteiger partial charge in [0.25, 0.3) is 0 Å². The molecule has 1 unspecified atom stereocenters. The highest BCUT2D eigenvalue weighted by Crippen LogP contribution is 2.52. The Kier molecular flexibility index (Phi) is 3.78. The van der Waals surface area contributed by atoms with Crippen molar-refractivity contribution >= 4 is 11.6 Å². The predicted octanol–water partition coefficient (Wildman–Crippen LogP) is 2.23. The first-order valence-corrected chi connectivity index (χ1v) is 9.66. The van der Waals surface area contributed by atoms with E-state index in [-0.39, 0.29) is 5.91 Å². The van der Waals surface area contributed by atoms with Crippen molar-refractivity contribution in [2.45, 2.75) is 12.3 Å². The minimum Gasteiger partial charge on any atom is -0.491 e. The highest BCUT2D eigenvalue weighted by atomic mass is 16.5. The van der Waals surface area contributed by atoms with Crippen LogP contribution in [-0.4, -0.2) is 62.2 Å². The Hall–Kier alpha value is -2.37. The number of hydrogen-bond acceptors (Lipinski definition) is 4. The maximum atomic E-state index is 13.8. The Morgan fingerprint density at radius 2 is 1.81 bits per heavy atom. The van der Waals surface area contributed by atoms with Crippen molar-refractivity contribution in [3.05, 3.63) is 59.2 Å². The number of rotatable bonds is 2. The number of hydrogen-bond donors (Lipinski definition) is 0. The maximum Gasteiger partial charge on any atom is 0.246 e. The van der Waals surface area contributed by atoms with Gasteiger partial charge in [-0.2, -0.15) is 0 Å². The number of benzene rings is 2. The number of carbonyl (C=O) groups is 1. The zero-order valence-electron chi connectivity index (χ0n) is 15.9. The minimum atomic E-state index is -0.704. The second-order valence-corrected chi connectivity index (χ2v) is 8.01. The second-order valence-electron chi connectivity index (χ2n) is 8.01. The Labute approximate surface area is 160 Å². The summed E-state index contributed by atoms with van der Waals surface area (Å²) in [6.07, 6.45) is 0. The van der Waals surface area contributed by atoms with Crippen LogP contribution in [0.3, 0.4) is 0 Å². The monoisotopic (exact) mass is 363 g/mol. The lowest BCUT2D eigenvalue weighted by molar-refractivity contribution is -0.122. The summed E-state index contributed by atoms with van der Waals surface area (Å²) in [6, 6.07) is 14.4. The fourth-order valence-electron chi connectivity index (χ4n) is 4.62. The quantitative estimate of drug-likeness (QED) is 0.820. The van der Waals surface area contributed by atoms with Crippen LogP contribution in [0.4, 0.5) is 5.69 Å². The number of para-hydroxylation sites is 1. The van der Waals surface area contributed by atoms with Gasteiger partial charge < -0.3 is 9.64 Å². The molecule has 0 aromatic heterocycles. The fraction of sp³-hybridized carbons (Fsp3) is 0.409. The number of likely N-dealkylation sites (N-methyl/N-ethyl adjacent to an activating group) is 1. The molecule has 0 radical (unpaired) electrons. The summed E-state index contributed by atoms with van der Waals surface area (Å²) in [4.78, 5) is 20.5. The van der Waals surface area contributed by atoms with Crippen molar-refractivity contribution in [2.24, 2.45) is 0 Å². The van der Waals surface area contributed by atoms with Crippen molar-refractivity contribution in [1.82, 2.24) is 9.80 Å². The smallest absolute Gasteiger partial charge is 0.246 e. The van der Waals surface area contributed by atoms with Crippen LogP contribution in [0.25, 0.3) is 0 Å². The lowest BCUT2D eigenvalue weighted by Crippen LogP contribution is -2.51. The third-order valence-electron chi connectivity index (χ3n) is 6.24. The molecule has 1 amide bonds. The molecule has 1 atom stereocenters. The summed E-state index contributed by atoms with van der Waals surface area (Å²) in [6.45, 7) is 7.16. The lowest BCUT2D eigenvalue weighted by Gasteiger charge is -2.35. The lowest BCUT2D eigenvalue weighted by atomic mass is 9.77. The fourth-order valence-corrected chi connectivity index (χ4v) is 4.62. The van der Waals surface area contributed by atoms with E-state index in [0.717, 1.165) is 54.3 Å². The molecular formula is C22H25N3O2. The molecule has 1 saturated heterocycles. The third-order valence-corrected chi connectivity index (χ3v) is 6.24. The molecule has 27 heavy (non-hydrogen) atoms. The number of piperazine rings is 1. The first-order chi connectivity index (χ1) is 13.1. The second kappa shape index (κ2) is 6.08. The van der Waals surface area contributed by atoms with Crippen LogP contribution >= 0.6 is 0 Å². The van der Waals surface area contributed by atoms with E-state index >= 15 is 0 Å². The van der Waals surface area contributed by atoms with Gasteiger partial charge >= 0.3 is 0 Å². The van der Waals surface area contributed by atoms with Crippen LogP contribution in [0, 0.1) is 6.92 Å². The topological polar surface area (TPSA) is 36.0 Å². The molecule has 5 nitrogen and oxygen atoms in total. The van der Waals surface area contributed by atoms with Gasteiger partial charge in [-0.3, -0.25) is 14.6 Å². The van der Waals surface area contributed by atoms with Gasteiger partial charge in [-0.1, -0.05) is 35.9 Å². The summed E-state index contributed by atoms with van der Waals surface area (Å²) in [5.41, 5.74) is 3.57. The molecule has 2 aromatic rings. The standard InChI is InChI=1S/C22H25N3O2/c1-16-7-8-20-18(13-16)22(14-27-20)17-5-3-4-6-19(17)25(21(22)26)15-24-11-9-23(2)10-12-24/h3-8,13H,9-12,14-15H2,1-2H3. The van der Waals surface area contributed by atoms with E-state index in [1.54, 1.807) is 0 Å². The number of anilines is 1. The highest BCUT2D eigenvalue weighted by Gasteiger charge is 2.56. The predicted molar refractivity (Wildman–Crippen MR) is 105 cm³/mol. The van der Waals surface area contributed by atoms with Crippen LogP contribution in [-0.2, 0) is 10.2 Å². The molecule has 0 aliphatic carbocycles. The van der Waals surface area contributed by atoms with Crippen LogP contribution in [0.2, 0.25) is 0 Å². The maximum absolute atomic E-state index is 13.8. The van der Waals surface area contributed by atoms with E-state index < -0.39 is 5.41 Å². The molecule has 2 aromatic carbocycles. The Balaban J connectivity index is 1.56. The molecule has 3 aliphatic heterocycles. The van der Waals surface area contributed by atoms with Crippen LogP contribution in [0.1, 0.15) is 16.7 Å². The summed E-state index contributed by atoms with van der Waals surface area (Å²) in [7, 11) is 2.15. The van der Waals surface area contributed by atoms with Crippen molar-refractivity contribution < 1.29 is 9.53 Å². The summed E-state index contributed by atoms with van der Waals surface area (Å²) < 4.78 is 6.00. The highest BCUT2D eigenvalue weighted by molar-refractivity contribution is 6.11. The van der Waals surface area contributed by atoms with Crippen LogP contribution < -0.4 is 9.64 Å². The number of nitrogens with zero attached hydrogens (tertiary/aromatic N) is 3. The first-order valence-electron chi connectivity index (χ1n) is 9.66. The molecule has 5 rings (SSSR count). The number of aryl methyl sites for hydroxylation is 1. The Morgan fingerprint density at radius 3 is 2.63 bits per heavy atom. The van der Waals surface area contributed by atoms with Gasteiger partial charge in [0.2, 0.25) is 5.91 Å². The molecule has 3 aliphatic rings. The molecule has 140 valence electrons. The first kappa shape index (κ1) is 16.8. The van der Waals surface area contributed by atoms with Gasteiger partial charge in [-0.15, -0.1) is 0 Å². The molecule has 1 spiro atoms. The van der Waals surface area contributed by atoms with Gasteiger partial charge in [-0.25, -0.2) is 0 Å². The van der Waals surface area contributed by atoms with E-state index in [1.165, 1.54) is 0 Å². The number of fused-ring (bicyclic) bond motifs is 4. The molecule has 5 heteroatoms. The molecular weight excluding hydrogens is 338 g/mol. The minimum absolute atomic E-state index is 0.145. The van der Waals surface area contributed by atoms with Crippen molar-refractivity contribution in [3.8, 4) is 5.75 Å². The van der Waals surface area contributed by atoms with Gasteiger partial charge in [0.05, 0.1) is 6.67 Å². The summed E-state index contributed by atoms with van der Waals surface area (Å²) >= 11 is 0. The largest absolute Gasteiger partial charge is 0.491 e. The normalized spacial score (nSPS) is 25.0. The van der Waals surface area contributed by atoms with E-state index in [0.29, 0.717) is 13.3 Å². The SMILES string of the molecule is Cc1ccc2c(c1)C1(CO2)C(=O)N(CN2CCN(C)CC2)c2ccccc21. The van der Waals surface area contributed by atoms with Gasteiger partial charge in [0, 0.05) is 37.4 Å². The molecule has 1 fully saturated rings. The summed E-state index contributed by atoms with van der Waals surface area (Å²) in [5, 5.41) is 0. The molecule has 0 saturated carbocycles. The van der Waals surface area contributed by atoms with E-state index in [1.807, 2.05) is 29.2 Å². The Bertz CT molecular complexity index is 904. The van der Waals surface area contributed by atoms with Crippen molar-refractivity contribution in [2.75, 3.05) is 51.4 Å². The zero-order chi connectivity index (χ0) is 18.6. The number of ether oxygens (including phenoxy) is 1. The summed E-state index contributed by atoms with van der Waals surface area (Å²) in [5.74, 6) is 0.983. The number of carbonyl (C=O) groups excluding carboxylic acids is 1. The van der Waals surface area contributed by atoms with Gasteiger partial charge in [-0.05, 0) is 31.7 Å². The van der Waals surface area contributed by atoms with Crippen LogP contribution in [0.5, 0.6) is 5.75 Å². The van der Waals surface area contributed by atoms with Crippen molar-refractivity contribution in [1.29, 1.82) is 0 Å². The van der Waals surface area contributed by atoms with Gasteiger partial charge in [0.1, 0.15) is 17.8 Å². The Morgan fingerprint density at radius 1 is 1.04 bits per heavy atom. The third kappa shape index (κ3) is 2.42. The van der Waals surface area contributed by atoms with Crippen LogP contribution in [0.15, 0.2) is 42.5 Å². The molecule has 0 bridgehead atoms. The van der Waals surface area contributed by atoms with E-state index in [2.05, 4.69) is 42.0 Å². The van der Waals surface area contributed by atoms with Gasteiger partial charge in [0.15, 0.2) is 0 Å². The molecule has 0 N–H and O–H groups in total. The van der Waals surface area contributed by atoms with E-state index in [9.17, 15) is 4.79 Å². The van der Waals surface area contributed by atoms with E-state index in [4.69, 9.17) is 4.74 Å².